The number of nitrogens with one attached hydrogen (secondary N) is 1. The molecule has 108 valence electrons. The number of carboxylic acids is 1. The molecule has 0 saturated carbocycles. The number of amides is 1. The molecule has 2 rings (SSSR count). The van der Waals surface area contributed by atoms with Crippen LogP contribution < -0.4 is 5.32 Å². The van der Waals surface area contributed by atoms with Crippen LogP contribution in [0.5, 0.6) is 0 Å². The van der Waals surface area contributed by atoms with Crippen LogP contribution in [0.3, 0.4) is 0 Å². The molecule has 0 saturated heterocycles. The van der Waals surface area contributed by atoms with Crippen LogP contribution in [0.1, 0.15) is 26.3 Å². The Kier molecular flexibility index (Phi) is 4.23. The van der Waals surface area contributed by atoms with Crippen molar-refractivity contribution >= 4 is 29.2 Å². The van der Waals surface area contributed by atoms with E-state index < -0.39 is 17.7 Å². The highest BCUT2D eigenvalue weighted by molar-refractivity contribution is 6.31. The molecule has 0 bridgehead atoms. The summed E-state index contributed by atoms with van der Waals surface area (Å²) >= 11 is 5.72. The molecule has 0 aliphatic carbocycles. The maximum Gasteiger partial charge on any atom is 0.337 e. The molecule has 0 aromatic heterocycles. The highest BCUT2D eigenvalue weighted by atomic mass is 35.5. The average molecular weight is 308 g/mol. The maximum absolute atomic E-state index is 13.7. The zero-order valence-electron chi connectivity index (χ0n) is 11.0. The highest BCUT2D eigenvalue weighted by Gasteiger charge is 2.16. The number of aromatic carboxylic acids is 1. The topological polar surface area (TPSA) is 66.4 Å². The molecule has 0 radical (unpaired) electrons. The van der Waals surface area contributed by atoms with E-state index in [1.54, 1.807) is 13.0 Å². The zero-order valence-corrected chi connectivity index (χ0v) is 11.7. The van der Waals surface area contributed by atoms with Gasteiger partial charge in [0.15, 0.2) is 0 Å². The predicted molar refractivity (Wildman–Crippen MR) is 77.5 cm³/mol. The standard InChI is InChI=1S/C15H11ClFNO3/c1-8-2-4-10(12(17)6-8)14(19)18-13-5-3-9(16)7-11(13)15(20)21/h2-7H,1H3,(H,18,19)(H,20,21). The summed E-state index contributed by atoms with van der Waals surface area (Å²) in [6, 6.07) is 8.18. The molecule has 0 heterocycles. The van der Waals surface area contributed by atoms with E-state index in [2.05, 4.69) is 5.32 Å². The summed E-state index contributed by atoms with van der Waals surface area (Å²) in [6.07, 6.45) is 0. The molecule has 2 aromatic rings. The molecule has 2 N–H and O–H groups in total. The molecule has 21 heavy (non-hydrogen) atoms. The van der Waals surface area contributed by atoms with Crippen molar-refractivity contribution < 1.29 is 19.1 Å². The number of anilines is 1. The smallest absolute Gasteiger partial charge is 0.337 e. The van der Waals surface area contributed by atoms with Gasteiger partial charge in [0.05, 0.1) is 16.8 Å². The lowest BCUT2D eigenvalue weighted by atomic mass is 10.1. The van der Waals surface area contributed by atoms with Crippen LogP contribution in [0.4, 0.5) is 10.1 Å². The lowest BCUT2D eigenvalue weighted by Gasteiger charge is -2.09. The highest BCUT2D eigenvalue weighted by Crippen LogP contribution is 2.22. The van der Waals surface area contributed by atoms with E-state index in [9.17, 15) is 14.0 Å². The minimum atomic E-state index is -1.24. The number of aryl methyl sites for hydroxylation is 1. The molecule has 0 unspecified atom stereocenters. The number of benzene rings is 2. The number of hydrogen-bond acceptors (Lipinski definition) is 2. The Bertz CT molecular complexity index is 731. The summed E-state index contributed by atoms with van der Waals surface area (Å²) in [7, 11) is 0. The third-order valence-electron chi connectivity index (χ3n) is 2.83. The molecular formula is C15H11ClFNO3. The number of carbonyl (C=O) groups excluding carboxylic acids is 1. The van der Waals surface area contributed by atoms with Gasteiger partial charge in [-0.1, -0.05) is 17.7 Å². The van der Waals surface area contributed by atoms with E-state index in [4.69, 9.17) is 16.7 Å². The second-order valence-corrected chi connectivity index (χ2v) is 4.87. The molecule has 0 spiro atoms. The number of carbonyl (C=O) groups is 2. The Labute approximate surface area is 125 Å². The molecular weight excluding hydrogens is 297 g/mol. The van der Waals surface area contributed by atoms with Gasteiger partial charge >= 0.3 is 5.97 Å². The van der Waals surface area contributed by atoms with Crippen molar-refractivity contribution in [3.05, 3.63) is 63.9 Å². The molecule has 0 aliphatic rings. The number of halogens is 2. The van der Waals surface area contributed by atoms with Gasteiger partial charge in [0.25, 0.3) is 5.91 Å². The van der Waals surface area contributed by atoms with Crippen molar-refractivity contribution in [2.24, 2.45) is 0 Å². The summed E-state index contributed by atoms with van der Waals surface area (Å²) in [6.45, 7) is 1.70. The summed E-state index contributed by atoms with van der Waals surface area (Å²) in [5.74, 6) is -2.63. The van der Waals surface area contributed by atoms with E-state index in [-0.39, 0.29) is 21.8 Å². The quantitative estimate of drug-likeness (QED) is 0.907. The van der Waals surface area contributed by atoms with Gasteiger partial charge in [-0.05, 0) is 42.8 Å². The molecule has 1 amide bonds. The van der Waals surface area contributed by atoms with E-state index in [1.165, 1.54) is 30.3 Å². The van der Waals surface area contributed by atoms with Crippen molar-refractivity contribution in [3.63, 3.8) is 0 Å². The molecule has 0 fully saturated rings. The van der Waals surface area contributed by atoms with E-state index >= 15 is 0 Å². The monoisotopic (exact) mass is 307 g/mol. The van der Waals surface area contributed by atoms with Crippen LogP contribution in [0.25, 0.3) is 0 Å². The Morgan fingerprint density at radius 3 is 2.48 bits per heavy atom. The average Bonchev–Trinajstić information content (AvgIpc) is 2.40. The van der Waals surface area contributed by atoms with Gasteiger partial charge in [0.1, 0.15) is 5.82 Å². The van der Waals surface area contributed by atoms with Crippen molar-refractivity contribution in [3.8, 4) is 0 Å². The fraction of sp³-hybridized carbons (Fsp3) is 0.0667. The summed E-state index contributed by atoms with van der Waals surface area (Å²) in [5.41, 5.74) is 0.411. The normalized spacial score (nSPS) is 10.2. The Morgan fingerprint density at radius 1 is 1.14 bits per heavy atom. The van der Waals surface area contributed by atoms with Gasteiger partial charge < -0.3 is 10.4 Å². The largest absolute Gasteiger partial charge is 0.478 e. The van der Waals surface area contributed by atoms with Gasteiger partial charge in [-0.25, -0.2) is 9.18 Å². The summed E-state index contributed by atoms with van der Waals surface area (Å²) in [5, 5.41) is 11.7. The van der Waals surface area contributed by atoms with Gasteiger partial charge in [-0.15, -0.1) is 0 Å². The van der Waals surface area contributed by atoms with Crippen LogP contribution in [0.15, 0.2) is 36.4 Å². The Hall–Kier alpha value is -2.40. The number of hydrogen-bond donors (Lipinski definition) is 2. The van der Waals surface area contributed by atoms with Crippen molar-refractivity contribution in [1.29, 1.82) is 0 Å². The molecule has 2 aromatic carbocycles. The van der Waals surface area contributed by atoms with Gasteiger partial charge in [0.2, 0.25) is 0 Å². The van der Waals surface area contributed by atoms with Gasteiger partial charge in [0, 0.05) is 5.02 Å². The second kappa shape index (κ2) is 5.93. The predicted octanol–water partition coefficient (Wildman–Crippen LogP) is 3.74. The SMILES string of the molecule is Cc1ccc(C(=O)Nc2ccc(Cl)cc2C(=O)O)c(F)c1. The number of carboxylic acid groups (broad SMARTS) is 1. The van der Waals surface area contributed by atoms with Crippen molar-refractivity contribution in [2.75, 3.05) is 5.32 Å². The zero-order chi connectivity index (χ0) is 15.6. The first-order chi connectivity index (χ1) is 9.88. The first-order valence-electron chi connectivity index (χ1n) is 5.99. The van der Waals surface area contributed by atoms with Crippen LogP contribution in [-0.4, -0.2) is 17.0 Å². The molecule has 0 atom stereocenters. The first-order valence-corrected chi connectivity index (χ1v) is 6.36. The Balaban J connectivity index is 2.34. The summed E-state index contributed by atoms with van der Waals surface area (Å²) in [4.78, 5) is 23.1. The number of rotatable bonds is 3. The molecule has 4 nitrogen and oxygen atoms in total. The van der Waals surface area contributed by atoms with Crippen LogP contribution >= 0.6 is 11.6 Å². The third kappa shape index (κ3) is 3.38. The Morgan fingerprint density at radius 2 is 1.86 bits per heavy atom. The fourth-order valence-electron chi connectivity index (χ4n) is 1.80. The second-order valence-electron chi connectivity index (χ2n) is 4.43. The van der Waals surface area contributed by atoms with Crippen LogP contribution in [0, 0.1) is 12.7 Å². The minimum absolute atomic E-state index is 0.0527. The van der Waals surface area contributed by atoms with Crippen LogP contribution in [0.2, 0.25) is 5.02 Å². The van der Waals surface area contributed by atoms with E-state index in [1.807, 2.05) is 0 Å². The minimum Gasteiger partial charge on any atom is -0.478 e. The van der Waals surface area contributed by atoms with Gasteiger partial charge in [-0.2, -0.15) is 0 Å². The van der Waals surface area contributed by atoms with E-state index in [0.29, 0.717) is 5.56 Å². The maximum atomic E-state index is 13.7. The van der Waals surface area contributed by atoms with Gasteiger partial charge in [-0.3, -0.25) is 4.79 Å². The van der Waals surface area contributed by atoms with Crippen molar-refractivity contribution in [1.82, 2.24) is 0 Å². The third-order valence-corrected chi connectivity index (χ3v) is 3.06. The lowest BCUT2D eigenvalue weighted by Crippen LogP contribution is -2.16. The van der Waals surface area contributed by atoms with Crippen LogP contribution in [-0.2, 0) is 0 Å². The molecule has 0 aliphatic heterocycles. The van der Waals surface area contributed by atoms with E-state index in [0.717, 1.165) is 0 Å². The molecule has 6 heteroatoms. The first kappa shape index (κ1) is 15.0. The fourth-order valence-corrected chi connectivity index (χ4v) is 1.97. The van der Waals surface area contributed by atoms with Crippen molar-refractivity contribution in [2.45, 2.75) is 6.92 Å². The lowest BCUT2D eigenvalue weighted by molar-refractivity contribution is 0.0698. The summed E-state index contributed by atoms with van der Waals surface area (Å²) < 4.78 is 13.7.